The van der Waals surface area contributed by atoms with Crippen LogP contribution in [0, 0.1) is 11.7 Å². The lowest BCUT2D eigenvalue weighted by molar-refractivity contribution is 0.106. The van der Waals surface area contributed by atoms with Crippen LogP contribution in [0.1, 0.15) is 37.3 Å². The number of hydrogen-bond acceptors (Lipinski definition) is 2. The molecule has 1 aromatic carbocycles. The van der Waals surface area contributed by atoms with E-state index in [0.29, 0.717) is 12.1 Å². The van der Waals surface area contributed by atoms with E-state index in [2.05, 4.69) is 5.32 Å². The number of halogens is 1. The van der Waals surface area contributed by atoms with E-state index in [-0.39, 0.29) is 5.82 Å². The predicted molar refractivity (Wildman–Crippen MR) is 68.8 cm³/mol. The van der Waals surface area contributed by atoms with Gasteiger partial charge in [-0.1, -0.05) is 12.1 Å². The van der Waals surface area contributed by atoms with Gasteiger partial charge in [-0.2, -0.15) is 0 Å². The molecule has 1 aliphatic heterocycles. The average Bonchev–Trinajstić information content (AvgIpc) is 3.08. The second-order valence-electron chi connectivity index (χ2n) is 5.41. The Hall–Kier alpha value is -0.930. The largest absolute Gasteiger partial charge is 0.377 e. The lowest BCUT2D eigenvalue weighted by Crippen LogP contribution is -2.31. The summed E-state index contributed by atoms with van der Waals surface area (Å²) in [5.41, 5.74) is 1.21. The Morgan fingerprint density at radius 1 is 1.22 bits per heavy atom. The van der Waals surface area contributed by atoms with Crippen molar-refractivity contribution >= 4 is 0 Å². The quantitative estimate of drug-likeness (QED) is 0.866. The van der Waals surface area contributed by atoms with Crippen LogP contribution in [0.25, 0.3) is 0 Å². The standard InChI is InChI=1S/C15H20FNO/c16-13-7-5-12(6-8-13)15(11-3-4-11)17-10-14-2-1-9-18-14/h5-8,11,14-15,17H,1-4,9-10H2. The molecule has 2 nitrogen and oxygen atoms in total. The van der Waals surface area contributed by atoms with E-state index in [1.165, 1.54) is 24.8 Å². The van der Waals surface area contributed by atoms with Crippen LogP contribution in [0.3, 0.4) is 0 Å². The van der Waals surface area contributed by atoms with Crippen molar-refractivity contribution in [3.05, 3.63) is 35.6 Å². The monoisotopic (exact) mass is 249 g/mol. The molecule has 2 unspecified atom stereocenters. The Balaban J connectivity index is 1.62. The molecule has 0 radical (unpaired) electrons. The highest BCUT2D eigenvalue weighted by Gasteiger charge is 2.32. The summed E-state index contributed by atoms with van der Waals surface area (Å²) in [4.78, 5) is 0. The summed E-state index contributed by atoms with van der Waals surface area (Å²) < 4.78 is 18.6. The van der Waals surface area contributed by atoms with Gasteiger partial charge in [0.1, 0.15) is 5.82 Å². The minimum absolute atomic E-state index is 0.160. The van der Waals surface area contributed by atoms with Crippen LogP contribution in [-0.2, 0) is 4.74 Å². The fourth-order valence-corrected chi connectivity index (χ4v) is 2.72. The van der Waals surface area contributed by atoms with Crippen LogP contribution < -0.4 is 5.32 Å². The Bertz CT molecular complexity index is 382. The summed E-state index contributed by atoms with van der Waals surface area (Å²) in [6.45, 7) is 1.82. The van der Waals surface area contributed by atoms with Gasteiger partial charge in [0, 0.05) is 19.2 Å². The molecule has 3 rings (SSSR count). The molecule has 18 heavy (non-hydrogen) atoms. The van der Waals surface area contributed by atoms with Crippen LogP contribution >= 0.6 is 0 Å². The van der Waals surface area contributed by atoms with Crippen molar-refractivity contribution < 1.29 is 9.13 Å². The molecule has 0 spiro atoms. The second kappa shape index (κ2) is 5.37. The van der Waals surface area contributed by atoms with Gasteiger partial charge < -0.3 is 10.1 Å². The van der Waals surface area contributed by atoms with Gasteiger partial charge in [-0.25, -0.2) is 4.39 Å². The van der Waals surface area contributed by atoms with Crippen molar-refractivity contribution in [1.82, 2.24) is 5.32 Å². The Morgan fingerprint density at radius 2 is 2.00 bits per heavy atom. The molecule has 1 aromatic rings. The van der Waals surface area contributed by atoms with Crippen molar-refractivity contribution in [1.29, 1.82) is 0 Å². The first-order valence-corrected chi connectivity index (χ1v) is 6.93. The van der Waals surface area contributed by atoms with Gasteiger partial charge in [0.15, 0.2) is 0 Å². The number of ether oxygens (including phenoxy) is 1. The maximum absolute atomic E-state index is 13.0. The summed E-state index contributed by atoms with van der Waals surface area (Å²) >= 11 is 0. The first-order valence-electron chi connectivity index (χ1n) is 6.93. The lowest BCUT2D eigenvalue weighted by atomic mass is 10.0. The number of rotatable bonds is 5. The van der Waals surface area contributed by atoms with E-state index in [4.69, 9.17) is 4.74 Å². The molecule has 1 aliphatic carbocycles. The molecular formula is C15H20FNO. The molecular weight excluding hydrogens is 229 g/mol. The molecule has 0 aromatic heterocycles. The van der Waals surface area contributed by atoms with Crippen molar-refractivity contribution in [3.8, 4) is 0 Å². The van der Waals surface area contributed by atoms with E-state index in [1.807, 2.05) is 12.1 Å². The summed E-state index contributed by atoms with van der Waals surface area (Å²) in [6, 6.07) is 7.29. The van der Waals surface area contributed by atoms with E-state index >= 15 is 0 Å². The molecule has 1 saturated carbocycles. The van der Waals surface area contributed by atoms with E-state index in [1.54, 1.807) is 12.1 Å². The fraction of sp³-hybridized carbons (Fsp3) is 0.600. The lowest BCUT2D eigenvalue weighted by Gasteiger charge is -2.21. The molecule has 1 heterocycles. The van der Waals surface area contributed by atoms with Crippen molar-refractivity contribution in [2.45, 2.75) is 37.8 Å². The van der Waals surface area contributed by atoms with Gasteiger partial charge in [-0.05, 0) is 49.3 Å². The first-order chi connectivity index (χ1) is 8.83. The van der Waals surface area contributed by atoms with Crippen LogP contribution in [0.15, 0.2) is 24.3 Å². The number of benzene rings is 1. The molecule has 3 heteroatoms. The SMILES string of the molecule is Fc1ccc(C(NCC2CCCO2)C2CC2)cc1. The molecule has 2 atom stereocenters. The Kier molecular flexibility index (Phi) is 3.62. The van der Waals surface area contributed by atoms with Gasteiger partial charge in [-0.15, -0.1) is 0 Å². The number of nitrogens with one attached hydrogen (secondary N) is 1. The summed E-state index contributed by atoms with van der Waals surface area (Å²) in [6.07, 6.45) is 5.26. The highest BCUT2D eigenvalue weighted by Crippen LogP contribution is 2.41. The Labute approximate surface area is 108 Å². The number of hydrogen-bond donors (Lipinski definition) is 1. The molecule has 1 N–H and O–H groups in total. The van der Waals surface area contributed by atoms with Gasteiger partial charge in [0.25, 0.3) is 0 Å². The highest BCUT2D eigenvalue weighted by atomic mass is 19.1. The van der Waals surface area contributed by atoms with Gasteiger partial charge in [-0.3, -0.25) is 0 Å². The van der Waals surface area contributed by atoms with E-state index in [0.717, 1.165) is 25.5 Å². The normalized spacial score (nSPS) is 25.3. The maximum Gasteiger partial charge on any atom is 0.123 e. The van der Waals surface area contributed by atoms with Crippen molar-refractivity contribution in [2.75, 3.05) is 13.2 Å². The summed E-state index contributed by atoms with van der Waals surface area (Å²) in [5.74, 6) is 0.560. The van der Waals surface area contributed by atoms with Crippen molar-refractivity contribution in [3.63, 3.8) is 0 Å². The molecule has 1 saturated heterocycles. The predicted octanol–water partition coefficient (Wildman–Crippen LogP) is 3.05. The zero-order valence-electron chi connectivity index (χ0n) is 10.6. The second-order valence-corrected chi connectivity index (χ2v) is 5.41. The third-order valence-electron chi connectivity index (χ3n) is 3.91. The molecule has 2 aliphatic rings. The fourth-order valence-electron chi connectivity index (χ4n) is 2.72. The van der Waals surface area contributed by atoms with Crippen molar-refractivity contribution in [2.24, 2.45) is 5.92 Å². The van der Waals surface area contributed by atoms with Crippen LogP contribution in [0.5, 0.6) is 0 Å². The van der Waals surface area contributed by atoms with E-state index in [9.17, 15) is 4.39 Å². The third kappa shape index (κ3) is 2.90. The molecule has 2 fully saturated rings. The smallest absolute Gasteiger partial charge is 0.123 e. The minimum Gasteiger partial charge on any atom is -0.377 e. The molecule has 0 amide bonds. The minimum atomic E-state index is -0.160. The highest BCUT2D eigenvalue weighted by molar-refractivity contribution is 5.22. The van der Waals surface area contributed by atoms with Crippen LogP contribution in [0.4, 0.5) is 4.39 Å². The van der Waals surface area contributed by atoms with E-state index < -0.39 is 0 Å². The first kappa shape index (κ1) is 12.1. The summed E-state index contributed by atoms with van der Waals surface area (Å²) in [7, 11) is 0. The van der Waals surface area contributed by atoms with Gasteiger partial charge in [0.2, 0.25) is 0 Å². The summed E-state index contributed by atoms with van der Waals surface area (Å²) in [5, 5.41) is 3.61. The average molecular weight is 249 g/mol. The molecule has 0 bridgehead atoms. The zero-order chi connectivity index (χ0) is 12.4. The third-order valence-corrected chi connectivity index (χ3v) is 3.91. The van der Waals surface area contributed by atoms with Gasteiger partial charge >= 0.3 is 0 Å². The van der Waals surface area contributed by atoms with Gasteiger partial charge in [0.05, 0.1) is 6.10 Å². The zero-order valence-corrected chi connectivity index (χ0v) is 10.6. The van der Waals surface area contributed by atoms with Crippen LogP contribution in [-0.4, -0.2) is 19.3 Å². The van der Waals surface area contributed by atoms with Crippen LogP contribution in [0.2, 0.25) is 0 Å². The molecule has 98 valence electrons. The Morgan fingerprint density at radius 3 is 2.61 bits per heavy atom. The maximum atomic E-state index is 13.0. The topological polar surface area (TPSA) is 21.3 Å².